The van der Waals surface area contributed by atoms with Crippen molar-refractivity contribution in [3.63, 3.8) is 0 Å². The Bertz CT molecular complexity index is 664. The SMILES string of the molecule is CN(Cc1ccccc1F)c1ccc(CBr)cc1[N+](=O)[O-]. The van der Waals surface area contributed by atoms with Gasteiger partial charge in [-0.25, -0.2) is 4.39 Å². The average molecular weight is 353 g/mol. The molecule has 0 N–H and O–H groups in total. The van der Waals surface area contributed by atoms with Crippen LogP contribution in [-0.2, 0) is 11.9 Å². The van der Waals surface area contributed by atoms with Crippen LogP contribution in [-0.4, -0.2) is 12.0 Å². The summed E-state index contributed by atoms with van der Waals surface area (Å²) >= 11 is 3.28. The largest absolute Gasteiger partial charge is 0.365 e. The normalized spacial score (nSPS) is 10.4. The molecule has 2 aromatic carbocycles. The first-order chi connectivity index (χ1) is 10.0. The third-order valence-corrected chi connectivity index (χ3v) is 3.81. The Hall–Kier alpha value is -1.95. The van der Waals surface area contributed by atoms with Crippen molar-refractivity contribution in [2.24, 2.45) is 0 Å². The van der Waals surface area contributed by atoms with Crippen molar-refractivity contribution in [1.29, 1.82) is 0 Å². The molecule has 0 heterocycles. The monoisotopic (exact) mass is 352 g/mol. The summed E-state index contributed by atoms with van der Waals surface area (Å²) in [7, 11) is 1.71. The topological polar surface area (TPSA) is 46.4 Å². The van der Waals surface area contributed by atoms with E-state index in [0.29, 0.717) is 16.6 Å². The van der Waals surface area contributed by atoms with Gasteiger partial charge in [0.2, 0.25) is 0 Å². The highest BCUT2D eigenvalue weighted by Gasteiger charge is 2.18. The zero-order chi connectivity index (χ0) is 15.4. The molecule has 0 bridgehead atoms. The third-order valence-electron chi connectivity index (χ3n) is 3.17. The third kappa shape index (κ3) is 3.58. The lowest BCUT2D eigenvalue weighted by Gasteiger charge is -2.20. The summed E-state index contributed by atoms with van der Waals surface area (Å²) in [6.45, 7) is 0.265. The minimum atomic E-state index is -0.417. The molecule has 2 rings (SSSR count). The summed E-state index contributed by atoms with van der Waals surface area (Å²) in [6.07, 6.45) is 0. The van der Waals surface area contributed by atoms with Gasteiger partial charge in [0.15, 0.2) is 0 Å². The van der Waals surface area contributed by atoms with Gasteiger partial charge in [0, 0.05) is 30.6 Å². The fourth-order valence-electron chi connectivity index (χ4n) is 2.09. The van der Waals surface area contributed by atoms with Gasteiger partial charge in [-0.2, -0.15) is 0 Å². The predicted molar refractivity (Wildman–Crippen MR) is 84.2 cm³/mol. The van der Waals surface area contributed by atoms with Gasteiger partial charge in [0.25, 0.3) is 5.69 Å². The maximum absolute atomic E-state index is 13.7. The first kappa shape index (κ1) is 15.4. The lowest BCUT2D eigenvalue weighted by atomic mass is 10.1. The molecule has 21 heavy (non-hydrogen) atoms. The Morgan fingerprint density at radius 3 is 2.62 bits per heavy atom. The van der Waals surface area contributed by atoms with Crippen LogP contribution in [0.5, 0.6) is 0 Å². The molecule has 0 amide bonds. The van der Waals surface area contributed by atoms with E-state index < -0.39 is 4.92 Å². The van der Waals surface area contributed by atoms with Crippen LogP contribution in [0, 0.1) is 15.9 Å². The number of benzene rings is 2. The Labute approximate surface area is 130 Å². The molecule has 0 fully saturated rings. The van der Waals surface area contributed by atoms with Crippen molar-refractivity contribution in [2.45, 2.75) is 11.9 Å². The molecule has 0 aromatic heterocycles. The highest BCUT2D eigenvalue weighted by Crippen LogP contribution is 2.30. The summed E-state index contributed by atoms with van der Waals surface area (Å²) in [6, 6.07) is 11.4. The van der Waals surface area contributed by atoms with Crippen molar-refractivity contribution >= 4 is 27.3 Å². The highest BCUT2D eigenvalue weighted by atomic mass is 79.9. The van der Waals surface area contributed by atoms with E-state index in [9.17, 15) is 14.5 Å². The number of alkyl halides is 1. The Balaban J connectivity index is 2.33. The number of rotatable bonds is 5. The van der Waals surface area contributed by atoms with Crippen LogP contribution >= 0.6 is 15.9 Å². The van der Waals surface area contributed by atoms with E-state index in [0.717, 1.165) is 5.56 Å². The molecule has 0 unspecified atom stereocenters. The van der Waals surface area contributed by atoms with Gasteiger partial charge in [-0.05, 0) is 17.7 Å². The molecular weight excluding hydrogens is 339 g/mol. The van der Waals surface area contributed by atoms with Gasteiger partial charge in [-0.3, -0.25) is 10.1 Å². The second-order valence-electron chi connectivity index (χ2n) is 4.66. The predicted octanol–water partition coefficient (Wildman–Crippen LogP) is 4.27. The maximum Gasteiger partial charge on any atom is 0.292 e. The second-order valence-corrected chi connectivity index (χ2v) is 5.22. The maximum atomic E-state index is 13.7. The van der Waals surface area contributed by atoms with Gasteiger partial charge >= 0.3 is 0 Å². The minimum Gasteiger partial charge on any atom is -0.365 e. The van der Waals surface area contributed by atoms with Crippen molar-refractivity contribution in [1.82, 2.24) is 0 Å². The van der Waals surface area contributed by atoms with Gasteiger partial charge in [-0.15, -0.1) is 0 Å². The first-order valence-electron chi connectivity index (χ1n) is 6.30. The van der Waals surface area contributed by atoms with Gasteiger partial charge < -0.3 is 4.90 Å². The molecule has 0 atom stereocenters. The molecule has 0 spiro atoms. The summed E-state index contributed by atoms with van der Waals surface area (Å²) in [5, 5.41) is 11.8. The summed E-state index contributed by atoms with van der Waals surface area (Å²) in [4.78, 5) is 12.5. The number of nitrogens with zero attached hydrogens (tertiary/aromatic N) is 2. The van der Waals surface area contributed by atoms with Crippen LogP contribution in [0.4, 0.5) is 15.8 Å². The Kier molecular flexibility index (Phi) is 4.90. The lowest BCUT2D eigenvalue weighted by molar-refractivity contribution is -0.384. The van der Waals surface area contributed by atoms with Crippen LogP contribution in [0.3, 0.4) is 0 Å². The van der Waals surface area contributed by atoms with E-state index in [4.69, 9.17) is 0 Å². The number of halogens is 2. The molecule has 4 nitrogen and oxygen atoms in total. The van der Waals surface area contributed by atoms with E-state index in [1.807, 2.05) is 6.07 Å². The summed E-state index contributed by atoms with van der Waals surface area (Å²) in [5.74, 6) is -0.316. The summed E-state index contributed by atoms with van der Waals surface area (Å²) < 4.78 is 13.7. The van der Waals surface area contributed by atoms with Gasteiger partial charge in [0.1, 0.15) is 11.5 Å². The van der Waals surface area contributed by atoms with Crippen LogP contribution in [0.1, 0.15) is 11.1 Å². The minimum absolute atomic E-state index is 0.0192. The molecule has 0 aliphatic rings. The fraction of sp³-hybridized carbons (Fsp3) is 0.200. The standard InChI is InChI=1S/C15H14BrFN2O2/c1-18(10-12-4-2-3-5-13(12)17)14-7-6-11(9-16)8-15(14)19(20)21/h2-8H,9-10H2,1H3. The molecular formula is C15H14BrFN2O2. The first-order valence-corrected chi connectivity index (χ1v) is 7.43. The Morgan fingerprint density at radius 2 is 2.00 bits per heavy atom. The van der Waals surface area contributed by atoms with Crippen LogP contribution in [0.15, 0.2) is 42.5 Å². The highest BCUT2D eigenvalue weighted by molar-refractivity contribution is 9.08. The van der Waals surface area contributed by atoms with E-state index in [1.54, 1.807) is 36.2 Å². The smallest absolute Gasteiger partial charge is 0.292 e. The zero-order valence-corrected chi connectivity index (χ0v) is 13.0. The molecule has 0 radical (unpaired) electrons. The number of nitro groups is 1. The van der Waals surface area contributed by atoms with E-state index in [1.165, 1.54) is 12.1 Å². The number of hydrogen-bond donors (Lipinski definition) is 0. The van der Waals surface area contributed by atoms with Crippen molar-refractivity contribution in [2.75, 3.05) is 11.9 Å². The quantitative estimate of drug-likeness (QED) is 0.458. The van der Waals surface area contributed by atoms with E-state index >= 15 is 0 Å². The number of anilines is 1. The Morgan fingerprint density at radius 1 is 1.29 bits per heavy atom. The molecule has 6 heteroatoms. The van der Waals surface area contributed by atoms with Gasteiger partial charge in [0.05, 0.1) is 4.92 Å². The lowest BCUT2D eigenvalue weighted by Crippen LogP contribution is -2.18. The molecule has 0 saturated carbocycles. The molecule has 110 valence electrons. The van der Waals surface area contributed by atoms with Crippen LogP contribution < -0.4 is 4.90 Å². The molecule has 0 saturated heterocycles. The van der Waals surface area contributed by atoms with Crippen LogP contribution in [0.2, 0.25) is 0 Å². The van der Waals surface area contributed by atoms with Gasteiger partial charge in [-0.1, -0.05) is 40.2 Å². The number of hydrogen-bond acceptors (Lipinski definition) is 3. The van der Waals surface area contributed by atoms with E-state index in [2.05, 4.69) is 15.9 Å². The van der Waals surface area contributed by atoms with Crippen molar-refractivity contribution in [3.05, 3.63) is 69.5 Å². The second kappa shape index (κ2) is 6.67. The average Bonchev–Trinajstić information content (AvgIpc) is 2.48. The van der Waals surface area contributed by atoms with E-state index in [-0.39, 0.29) is 18.0 Å². The summed E-state index contributed by atoms with van der Waals surface area (Å²) in [5.41, 5.74) is 1.81. The van der Waals surface area contributed by atoms with Crippen molar-refractivity contribution in [3.8, 4) is 0 Å². The fourth-order valence-corrected chi connectivity index (χ4v) is 2.44. The molecule has 2 aromatic rings. The molecule has 0 aliphatic heterocycles. The number of nitro benzene ring substituents is 1. The van der Waals surface area contributed by atoms with Crippen molar-refractivity contribution < 1.29 is 9.31 Å². The zero-order valence-electron chi connectivity index (χ0n) is 11.4. The molecule has 0 aliphatic carbocycles. The van der Waals surface area contributed by atoms with Crippen LogP contribution in [0.25, 0.3) is 0 Å².